The van der Waals surface area contributed by atoms with Gasteiger partial charge in [0, 0.05) is 30.8 Å². The molecule has 0 atom stereocenters. The van der Waals surface area contributed by atoms with E-state index in [0.717, 1.165) is 11.3 Å². The summed E-state index contributed by atoms with van der Waals surface area (Å²) in [6, 6.07) is 15.3. The maximum absolute atomic E-state index is 11.9. The topological polar surface area (TPSA) is 58.2 Å². The second-order valence-corrected chi connectivity index (χ2v) is 5.52. The fourth-order valence-electron chi connectivity index (χ4n) is 2.26. The molecule has 0 aliphatic rings. The van der Waals surface area contributed by atoms with Gasteiger partial charge in [-0.2, -0.15) is 0 Å². The van der Waals surface area contributed by atoms with E-state index in [1.807, 2.05) is 43.3 Å². The van der Waals surface area contributed by atoms with Gasteiger partial charge in [-0.25, -0.2) is 0 Å². The van der Waals surface area contributed by atoms with Crippen LogP contribution in [0.1, 0.15) is 34.8 Å². The van der Waals surface area contributed by atoms with Gasteiger partial charge in [-0.05, 0) is 37.1 Å². The van der Waals surface area contributed by atoms with Crippen molar-refractivity contribution in [2.75, 3.05) is 11.9 Å². The monoisotopic (exact) mass is 310 g/mol. The van der Waals surface area contributed by atoms with E-state index in [1.165, 1.54) is 12.5 Å². The number of carbonyl (C=O) groups excluding carboxylic acids is 2. The van der Waals surface area contributed by atoms with Gasteiger partial charge in [0.15, 0.2) is 5.78 Å². The van der Waals surface area contributed by atoms with E-state index in [4.69, 9.17) is 0 Å². The SMILES string of the molecule is CC(=O)c1cccc(NCCC(=O)NCc2ccccc2C)c1. The summed E-state index contributed by atoms with van der Waals surface area (Å²) in [5.41, 5.74) is 3.82. The van der Waals surface area contributed by atoms with Crippen LogP contribution in [0.2, 0.25) is 0 Å². The molecule has 1 amide bonds. The Morgan fingerprint density at radius 1 is 1.04 bits per heavy atom. The number of anilines is 1. The van der Waals surface area contributed by atoms with E-state index >= 15 is 0 Å². The zero-order valence-electron chi connectivity index (χ0n) is 13.6. The Labute approximate surface area is 136 Å². The molecule has 0 bridgehead atoms. The summed E-state index contributed by atoms with van der Waals surface area (Å²) >= 11 is 0. The summed E-state index contributed by atoms with van der Waals surface area (Å²) in [6.45, 7) is 4.65. The third-order valence-electron chi connectivity index (χ3n) is 3.69. The highest BCUT2D eigenvalue weighted by Crippen LogP contribution is 2.11. The highest BCUT2D eigenvalue weighted by Gasteiger charge is 2.04. The highest BCUT2D eigenvalue weighted by atomic mass is 16.1. The van der Waals surface area contributed by atoms with Crippen molar-refractivity contribution in [3.8, 4) is 0 Å². The lowest BCUT2D eigenvalue weighted by molar-refractivity contribution is -0.121. The third-order valence-corrected chi connectivity index (χ3v) is 3.69. The molecule has 2 aromatic rings. The fraction of sp³-hybridized carbons (Fsp3) is 0.263. The molecule has 4 nitrogen and oxygen atoms in total. The van der Waals surface area contributed by atoms with E-state index in [0.29, 0.717) is 25.1 Å². The Morgan fingerprint density at radius 2 is 1.83 bits per heavy atom. The predicted molar refractivity (Wildman–Crippen MR) is 92.6 cm³/mol. The number of carbonyl (C=O) groups is 2. The first-order valence-electron chi connectivity index (χ1n) is 7.72. The number of amides is 1. The van der Waals surface area contributed by atoms with Crippen LogP contribution < -0.4 is 10.6 Å². The first-order chi connectivity index (χ1) is 11.1. The van der Waals surface area contributed by atoms with Crippen molar-refractivity contribution in [1.82, 2.24) is 5.32 Å². The number of aryl methyl sites for hydroxylation is 1. The number of nitrogens with one attached hydrogen (secondary N) is 2. The van der Waals surface area contributed by atoms with Crippen molar-refractivity contribution >= 4 is 17.4 Å². The van der Waals surface area contributed by atoms with E-state index in [1.54, 1.807) is 12.1 Å². The normalized spacial score (nSPS) is 10.2. The maximum atomic E-state index is 11.9. The number of hydrogen-bond acceptors (Lipinski definition) is 3. The molecule has 0 aliphatic heterocycles. The van der Waals surface area contributed by atoms with Crippen LogP contribution in [0.5, 0.6) is 0 Å². The van der Waals surface area contributed by atoms with Gasteiger partial charge < -0.3 is 10.6 Å². The van der Waals surface area contributed by atoms with E-state index in [2.05, 4.69) is 10.6 Å². The molecule has 2 N–H and O–H groups in total. The van der Waals surface area contributed by atoms with Gasteiger partial charge >= 0.3 is 0 Å². The van der Waals surface area contributed by atoms with Gasteiger partial charge in [-0.3, -0.25) is 9.59 Å². The Kier molecular flexibility index (Phi) is 5.92. The molecule has 0 aliphatic carbocycles. The van der Waals surface area contributed by atoms with Gasteiger partial charge in [0.2, 0.25) is 5.91 Å². The largest absolute Gasteiger partial charge is 0.385 e. The third kappa shape index (κ3) is 5.25. The Bertz CT molecular complexity index is 695. The Balaban J connectivity index is 1.76. The lowest BCUT2D eigenvalue weighted by Crippen LogP contribution is -2.25. The number of Topliss-reactive ketones (excluding diaryl/α,β-unsaturated/α-hetero) is 1. The second kappa shape index (κ2) is 8.13. The minimum atomic E-state index is 0.00322. The van der Waals surface area contributed by atoms with Gasteiger partial charge in [0.25, 0.3) is 0 Å². The van der Waals surface area contributed by atoms with Crippen LogP contribution in [-0.2, 0) is 11.3 Å². The van der Waals surface area contributed by atoms with E-state index in [-0.39, 0.29) is 11.7 Å². The summed E-state index contributed by atoms with van der Waals surface area (Å²) in [5.74, 6) is 0.0353. The minimum absolute atomic E-state index is 0.00322. The van der Waals surface area contributed by atoms with Crippen LogP contribution in [0, 0.1) is 6.92 Å². The standard InChI is InChI=1S/C19H22N2O2/c1-14-6-3-4-7-17(14)13-21-19(23)10-11-20-18-9-5-8-16(12-18)15(2)22/h3-9,12,20H,10-11,13H2,1-2H3,(H,21,23). The van der Waals surface area contributed by atoms with E-state index in [9.17, 15) is 9.59 Å². The molecular formula is C19H22N2O2. The number of ketones is 1. The lowest BCUT2D eigenvalue weighted by atomic mass is 10.1. The van der Waals surface area contributed by atoms with Crippen molar-refractivity contribution in [2.24, 2.45) is 0 Å². The van der Waals surface area contributed by atoms with Gasteiger partial charge in [0.05, 0.1) is 0 Å². The van der Waals surface area contributed by atoms with Crippen molar-refractivity contribution in [3.63, 3.8) is 0 Å². The molecular weight excluding hydrogens is 288 g/mol. The molecule has 2 rings (SSSR count). The lowest BCUT2D eigenvalue weighted by Gasteiger charge is -2.09. The maximum Gasteiger partial charge on any atom is 0.222 e. The molecule has 0 unspecified atom stereocenters. The van der Waals surface area contributed by atoms with Crippen LogP contribution >= 0.6 is 0 Å². The Morgan fingerprint density at radius 3 is 2.57 bits per heavy atom. The summed E-state index contributed by atoms with van der Waals surface area (Å²) in [5, 5.41) is 6.09. The van der Waals surface area contributed by atoms with Crippen LogP contribution in [0.4, 0.5) is 5.69 Å². The van der Waals surface area contributed by atoms with Crippen molar-refractivity contribution in [1.29, 1.82) is 0 Å². The molecule has 0 aromatic heterocycles. The van der Waals surface area contributed by atoms with Gasteiger partial charge in [-0.15, -0.1) is 0 Å². The van der Waals surface area contributed by atoms with Crippen molar-refractivity contribution in [3.05, 3.63) is 65.2 Å². The first kappa shape index (κ1) is 16.7. The average molecular weight is 310 g/mol. The Hall–Kier alpha value is -2.62. The molecule has 120 valence electrons. The smallest absolute Gasteiger partial charge is 0.222 e. The molecule has 0 saturated heterocycles. The van der Waals surface area contributed by atoms with Crippen molar-refractivity contribution in [2.45, 2.75) is 26.8 Å². The van der Waals surface area contributed by atoms with Crippen LogP contribution in [0.3, 0.4) is 0 Å². The number of hydrogen-bond donors (Lipinski definition) is 2. The average Bonchev–Trinajstić information content (AvgIpc) is 2.54. The predicted octanol–water partition coefficient (Wildman–Crippen LogP) is 3.32. The van der Waals surface area contributed by atoms with Gasteiger partial charge in [-0.1, -0.05) is 36.4 Å². The summed E-state index contributed by atoms with van der Waals surface area (Å²) in [4.78, 5) is 23.2. The minimum Gasteiger partial charge on any atom is -0.385 e. The molecule has 23 heavy (non-hydrogen) atoms. The molecule has 0 radical (unpaired) electrons. The second-order valence-electron chi connectivity index (χ2n) is 5.52. The van der Waals surface area contributed by atoms with E-state index < -0.39 is 0 Å². The first-order valence-corrected chi connectivity index (χ1v) is 7.72. The summed E-state index contributed by atoms with van der Waals surface area (Å²) in [6.07, 6.45) is 0.385. The molecule has 2 aromatic carbocycles. The molecule has 0 saturated carbocycles. The van der Waals surface area contributed by atoms with Crippen molar-refractivity contribution < 1.29 is 9.59 Å². The van der Waals surface area contributed by atoms with Crippen LogP contribution in [0.25, 0.3) is 0 Å². The van der Waals surface area contributed by atoms with Crippen LogP contribution in [0.15, 0.2) is 48.5 Å². The zero-order chi connectivity index (χ0) is 16.7. The summed E-state index contributed by atoms with van der Waals surface area (Å²) < 4.78 is 0. The fourth-order valence-corrected chi connectivity index (χ4v) is 2.26. The zero-order valence-corrected chi connectivity index (χ0v) is 13.6. The summed E-state index contributed by atoms with van der Waals surface area (Å²) in [7, 11) is 0. The number of benzene rings is 2. The molecule has 0 spiro atoms. The highest BCUT2D eigenvalue weighted by molar-refractivity contribution is 5.94. The quantitative estimate of drug-likeness (QED) is 0.771. The van der Waals surface area contributed by atoms with Crippen LogP contribution in [-0.4, -0.2) is 18.2 Å². The molecule has 0 heterocycles. The van der Waals surface area contributed by atoms with Gasteiger partial charge in [0.1, 0.15) is 0 Å². The molecule has 4 heteroatoms. The molecule has 0 fully saturated rings. The number of rotatable bonds is 7.